The molecule has 5 rings (SSSR count). The van der Waals surface area contributed by atoms with E-state index in [2.05, 4.69) is 16.3 Å². The maximum atomic E-state index is 13.2. The number of ketones is 1. The summed E-state index contributed by atoms with van der Waals surface area (Å²) in [6, 6.07) is 11.6. The molecule has 2 aromatic carbocycles. The molecule has 7 heteroatoms. The van der Waals surface area contributed by atoms with Crippen molar-refractivity contribution in [2.75, 3.05) is 21.0 Å². The number of fused-ring (bicyclic) bond motifs is 3. The van der Waals surface area contributed by atoms with Gasteiger partial charge in [-0.3, -0.25) is 9.69 Å². The average Bonchev–Trinajstić information content (AvgIpc) is 3.42. The lowest BCUT2D eigenvalue weighted by Gasteiger charge is -2.29. The van der Waals surface area contributed by atoms with Gasteiger partial charge in [-0.2, -0.15) is 0 Å². The van der Waals surface area contributed by atoms with Crippen LogP contribution in [0, 0.1) is 6.92 Å². The van der Waals surface area contributed by atoms with Crippen LogP contribution in [-0.2, 0) is 13.1 Å². The minimum Gasteiger partial charge on any atom is -0.493 e. The Bertz CT molecular complexity index is 1220. The Hall–Kier alpha value is -3.29. The Kier molecular flexibility index (Phi) is 5.36. The smallest absolute Gasteiger partial charge is 0.232 e. The second kappa shape index (κ2) is 8.33. The van der Waals surface area contributed by atoms with Gasteiger partial charge in [-0.15, -0.1) is 11.3 Å². The van der Waals surface area contributed by atoms with Crippen molar-refractivity contribution in [1.82, 2.24) is 4.90 Å². The minimum atomic E-state index is -0.120. The zero-order chi connectivity index (χ0) is 22.2. The second-order valence-electron chi connectivity index (χ2n) is 7.77. The van der Waals surface area contributed by atoms with Crippen LogP contribution in [0.4, 0.5) is 0 Å². The first-order valence-corrected chi connectivity index (χ1v) is 11.2. The summed E-state index contributed by atoms with van der Waals surface area (Å²) in [6.45, 7) is 3.88. The summed E-state index contributed by atoms with van der Waals surface area (Å²) in [7, 11) is 3.17. The summed E-state index contributed by atoms with van der Waals surface area (Å²) in [6.07, 6.45) is 1.74. The fourth-order valence-corrected chi connectivity index (χ4v) is 4.84. The first-order chi connectivity index (χ1) is 15.6. The van der Waals surface area contributed by atoms with E-state index in [9.17, 15) is 4.79 Å². The summed E-state index contributed by atoms with van der Waals surface area (Å²) in [4.78, 5) is 16.7. The van der Waals surface area contributed by atoms with Gasteiger partial charge in [-0.05, 0) is 53.8 Å². The number of Topliss-reactive ketones (excluding diaryl/α,β-unsaturated/α-hetero) is 1. The summed E-state index contributed by atoms with van der Waals surface area (Å²) < 4.78 is 22.9. The number of carbonyl (C=O) groups excluding carboxylic acids is 1. The molecule has 3 heterocycles. The highest BCUT2D eigenvalue weighted by molar-refractivity contribution is 7.09. The SMILES string of the molecule is COc1ccc(/C=C2\Oc3c4c(cc(C)c3C2=O)OCN(Cc2cccs2)C4)cc1OC. The molecule has 0 radical (unpaired) electrons. The second-order valence-corrected chi connectivity index (χ2v) is 8.80. The summed E-state index contributed by atoms with van der Waals surface area (Å²) in [5.41, 5.74) is 3.17. The molecule has 0 unspecified atom stereocenters. The van der Waals surface area contributed by atoms with Crippen LogP contribution in [0.2, 0.25) is 0 Å². The van der Waals surface area contributed by atoms with Crippen LogP contribution in [0.5, 0.6) is 23.0 Å². The lowest BCUT2D eigenvalue weighted by Crippen LogP contribution is -2.31. The van der Waals surface area contributed by atoms with Gasteiger partial charge in [-0.25, -0.2) is 0 Å². The van der Waals surface area contributed by atoms with E-state index in [-0.39, 0.29) is 5.78 Å². The molecule has 0 bridgehead atoms. The van der Waals surface area contributed by atoms with Gasteiger partial charge in [0, 0.05) is 18.0 Å². The van der Waals surface area contributed by atoms with Gasteiger partial charge in [0.25, 0.3) is 0 Å². The average molecular weight is 450 g/mol. The van der Waals surface area contributed by atoms with E-state index < -0.39 is 0 Å². The van der Waals surface area contributed by atoms with E-state index in [1.807, 2.05) is 31.2 Å². The first-order valence-electron chi connectivity index (χ1n) is 10.3. The Balaban J connectivity index is 1.47. The van der Waals surface area contributed by atoms with Crippen LogP contribution in [-0.4, -0.2) is 31.6 Å². The monoisotopic (exact) mass is 449 g/mol. The van der Waals surface area contributed by atoms with Crippen molar-refractivity contribution in [2.45, 2.75) is 20.0 Å². The number of thiophene rings is 1. The van der Waals surface area contributed by atoms with Crippen molar-refractivity contribution in [2.24, 2.45) is 0 Å². The highest BCUT2D eigenvalue weighted by Gasteiger charge is 2.35. The van der Waals surface area contributed by atoms with Crippen molar-refractivity contribution in [3.63, 3.8) is 0 Å². The molecular formula is C25H23NO5S. The number of carbonyl (C=O) groups is 1. The van der Waals surface area contributed by atoms with Crippen molar-refractivity contribution in [3.8, 4) is 23.0 Å². The van der Waals surface area contributed by atoms with Gasteiger partial charge in [-0.1, -0.05) is 12.1 Å². The van der Waals surface area contributed by atoms with Crippen LogP contribution < -0.4 is 18.9 Å². The number of nitrogens with zero attached hydrogens (tertiary/aromatic N) is 1. The third-order valence-electron chi connectivity index (χ3n) is 5.65. The molecule has 0 amide bonds. The molecule has 1 aromatic heterocycles. The van der Waals surface area contributed by atoms with E-state index in [0.717, 1.165) is 29.0 Å². The number of benzene rings is 2. The zero-order valence-corrected chi connectivity index (χ0v) is 19.0. The third kappa shape index (κ3) is 3.63. The molecular weight excluding hydrogens is 426 g/mol. The molecule has 0 N–H and O–H groups in total. The van der Waals surface area contributed by atoms with Crippen LogP contribution in [0.3, 0.4) is 0 Å². The quantitative estimate of drug-likeness (QED) is 0.509. The van der Waals surface area contributed by atoms with Gasteiger partial charge in [0.1, 0.15) is 18.2 Å². The molecule has 3 aromatic rings. The fourth-order valence-electron chi connectivity index (χ4n) is 4.09. The molecule has 0 atom stereocenters. The number of hydrogen-bond acceptors (Lipinski definition) is 7. The number of hydrogen-bond donors (Lipinski definition) is 0. The third-order valence-corrected chi connectivity index (χ3v) is 6.51. The Morgan fingerprint density at radius 3 is 2.75 bits per heavy atom. The zero-order valence-electron chi connectivity index (χ0n) is 18.1. The van der Waals surface area contributed by atoms with Crippen LogP contribution in [0.25, 0.3) is 6.08 Å². The van der Waals surface area contributed by atoms with Gasteiger partial charge in [0.2, 0.25) is 5.78 Å². The van der Waals surface area contributed by atoms with Crippen LogP contribution >= 0.6 is 11.3 Å². The van der Waals surface area contributed by atoms with Gasteiger partial charge >= 0.3 is 0 Å². The van der Waals surface area contributed by atoms with Gasteiger partial charge in [0.05, 0.1) is 25.3 Å². The molecule has 0 aliphatic carbocycles. The molecule has 2 aliphatic heterocycles. The fraction of sp³-hybridized carbons (Fsp3) is 0.240. The molecule has 164 valence electrons. The number of ether oxygens (including phenoxy) is 4. The predicted octanol–water partition coefficient (Wildman–Crippen LogP) is 5.04. The van der Waals surface area contributed by atoms with Crippen molar-refractivity contribution >= 4 is 23.2 Å². The summed E-state index contributed by atoms with van der Waals surface area (Å²) >= 11 is 1.72. The maximum absolute atomic E-state index is 13.2. The minimum absolute atomic E-state index is 0.120. The van der Waals surface area contributed by atoms with Crippen LogP contribution in [0.1, 0.15) is 31.9 Å². The van der Waals surface area contributed by atoms with E-state index >= 15 is 0 Å². The standard InChI is InChI=1S/C25H23NO5S/c1-15-9-20-18(13-26(14-30-20)12-17-5-4-8-32-17)25-23(15)24(27)22(31-25)11-16-6-7-19(28-2)21(10-16)29-3/h4-11H,12-14H2,1-3H3/b22-11-. The van der Waals surface area contributed by atoms with Crippen LogP contribution in [0.15, 0.2) is 47.5 Å². The number of rotatable bonds is 5. The highest BCUT2D eigenvalue weighted by atomic mass is 32.1. The van der Waals surface area contributed by atoms with Crippen molar-refractivity contribution in [3.05, 3.63) is 74.7 Å². The maximum Gasteiger partial charge on any atom is 0.232 e. The van der Waals surface area contributed by atoms with E-state index in [1.54, 1.807) is 37.7 Å². The van der Waals surface area contributed by atoms with E-state index in [4.69, 9.17) is 18.9 Å². The molecule has 0 spiro atoms. The topological polar surface area (TPSA) is 57.2 Å². The number of aryl methyl sites for hydroxylation is 1. The lowest BCUT2D eigenvalue weighted by molar-refractivity contribution is 0.0881. The summed E-state index contributed by atoms with van der Waals surface area (Å²) in [5, 5.41) is 2.07. The number of methoxy groups -OCH3 is 2. The number of allylic oxidation sites excluding steroid dienone is 1. The molecule has 0 saturated heterocycles. The molecule has 0 saturated carbocycles. The molecule has 2 aliphatic rings. The largest absolute Gasteiger partial charge is 0.493 e. The predicted molar refractivity (Wildman–Crippen MR) is 123 cm³/mol. The van der Waals surface area contributed by atoms with Gasteiger partial charge < -0.3 is 18.9 Å². The first kappa shape index (κ1) is 20.6. The van der Waals surface area contributed by atoms with E-state index in [1.165, 1.54) is 4.88 Å². The Morgan fingerprint density at radius 2 is 2.00 bits per heavy atom. The van der Waals surface area contributed by atoms with E-state index in [0.29, 0.717) is 41.8 Å². The molecule has 0 fully saturated rings. The Labute approximate surface area is 190 Å². The highest BCUT2D eigenvalue weighted by Crippen LogP contribution is 2.44. The normalized spacial score (nSPS) is 16.3. The van der Waals surface area contributed by atoms with Crippen molar-refractivity contribution < 1.29 is 23.7 Å². The van der Waals surface area contributed by atoms with Gasteiger partial charge in [0.15, 0.2) is 17.3 Å². The molecule has 6 nitrogen and oxygen atoms in total. The summed E-state index contributed by atoms with van der Waals surface area (Å²) in [5.74, 6) is 2.78. The molecule has 32 heavy (non-hydrogen) atoms. The lowest BCUT2D eigenvalue weighted by atomic mass is 9.98. The van der Waals surface area contributed by atoms with Crippen molar-refractivity contribution in [1.29, 1.82) is 0 Å². The Morgan fingerprint density at radius 1 is 1.16 bits per heavy atom.